The maximum absolute atomic E-state index is 13.4. The molecule has 0 radical (unpaired) electrons. The molecule has 2 aliphatic heterocycles. The van der Waals surface area contributed by atoms with Gasteiger partial charge in [-0.15, -0.1) is 0 Å². The van der Waals surface area contributed by atoms with Crippen molar-refractivity contribution in [3.63, 3.8) is 0 Å². The van der Waals surface area contributed by atoms with Gasteiger partial charge in [0.15, 0.2) is 0 Å². The van der Waals surface area contributed by atoms with E-state index in [2.05, 4.69) is 10.5 Å². The van der Waals surface area contributed by atoms with Crippen LogP contribution in [0.5, 0.6) is 5.75 Å². The molecule has 4 rings (SSSR count). The molecule has 7 nitrogen and oxygen atoms in total. The van der Waals surface area contributed by atoms with Crippen molar-refractivity contribution < 1.29 is 19.2 Å². The molecule has 1 N–H and O–H groups in total. The van der Waals surface area contributed by atoms with Crippen LogP contribution < -0.4 is 10.1 Å². The molecule has 1 aromatic rings. The average molecular weight is 385 g/mol. The van der Waals surface area contributed by atoms with E-state index in [0.717, 1.165) is 43.5 Å². The molecule has 0 spiro atoms. The highest BCUT2D eigenvalue weighted by atomic mass is 16.7. The third-order valence-corrected chi connectivity index (χ3v) is 5.75. The van der Waals surface area contributed by atoms with Crippen LogP contribution in [-0.4, -0.2) is 54.3 Å². The van der Waals surface area contributed by atoms with Gasteiger partial charge in [-0.2, -0.15) is 0 Å². The number of carbonyl (C=O) groups excluding carboxylic acids is 2. The molecule has 0 bridgehead atoms. The first kappa shape index (κ1) is 18.9. The van der Waals surface area contributed by atoms with E-state index in [9.17, 15) is 9.59 Å². The number of nitrogens with zero attached hydrogens (tertiary/aromatic N) is 2. The summed E-state index contributed by atoms with van der Waals surface area (Å²) < 4.78 is 5.19. The quantitative estimate of drug-likeness (QED) is 0.785. The first-order chi connectivity index (χ1) is 13.5. The summed E-state index contributed by atoms with van der Waals surface area (Å²) >= 11 is 0. The molecule has 2 amide bonds. The Labute approximate surface area is 165 Å². The molecule has 2 fully saturated rings. The lowest BCUT2D eigenvalue weighted by Crippen LogP contribution is -2.54. The van der Waals surface area contributed by atoms with E-state index >= 15 is 0 Å². The van der Waals surface area contributed by atoms with Gasteiger partial charge in [0, 0.05) is 19.0 Å². The lowest BCUT2D eigenvalue weighted by molar-refractivity contribution is -0.162. The van der Waals surface area contributed by atoms with Gasteiger partial charge in [-0.3, -0.25) is 14.5 Å². The number of ether oxygens (including phenoxy) is 1. The molecule has 2 heterocycles. The fourth-order valence-electron chi connectivity index (χ4n) is 3.89. The van der Waals surface area contributed by atoms with Gasteiger partial charge in [-0.1, -0.05) is 5.16 Å². The number of amides is 2. The highest BCUT2D eigenvalue weighted by Crippen LogP contribution is 2.35. The largest absolute Gasteiger partial charge is 0.497 e. The summed E-state index contributed by atoms with van der Waals surface area (Å²) in [5, 5.41) is 7.44. The summed E-state index contributed by atoms with van der Waals surface area (Å²) in [4.78, 5) is 33.6. The van der Waals surface area contributed by atoms with Gasteiger partial charge in [0.1, 0.15) is 5.75 Å². The highest BCUT2D eigenvalue weighted by Gasteiger charge is 2.51. The smallest absolute Gasteiger partial charge is 0.276 e. The number of methoxy groups -OCH3 is 1. The first-order valence-electron chi connectivity index (χ1n) is 9.99. The average Bonchev–Trinajstić information content (AvgIpc) is 3.49. The van der Waals surface area contributed by atoms with Crippen LogP contribution in [0.3, 0.4) is 0 Å². The summed E-state index contributed by atoms with van der Waals surface area (Å²) in [6.45, 7) is 3.30. The first-order valence-corrected chi connectivity index (χ1v) is 9.99. The second kappa shape index (κ2) is 7.54. The molecule has 1 aromatic carbocycles. The second-order valence-corrected chi connectivity index (χ2v) is 8.05. The number of oxime groups is 1. The van der Waals surface area contributed by atoms with E-state index < -0.39 is 5.60 Å². The number of benzene rings is 1. The van der Waals surface area contributed by atoms with Crippen molar-refractivity contribution in [3.05, 3.63) is 29.8 Å². The predicted molar refractivity (Wildman–Crippen MR) is 104 cm³/mol. The third-order valence-electron chi connectivity index (χ3n) is 5.75. The van der Waals surface area contributed by atoms with E-state index in [1.54, 1.807) is 14.0 Å². The molecule has 1 aliphatic carbocycles. The van der Waals surface area contributed by atoms with Crippen molar-refractivity contribution in [1.82, 2.24) is 10.2 Å². The number of rotatable bonds is 5. The van der Waals surface area contributed by atoms with Crippen LogP contribution in [0.15, 0.2) is 29.4 Å². The van der Waals surface area contributed by atoms with E-state index in [0.29, 0.717) is 18.7 Å². The maximum Gasteiger partial charge on any atom is 0.276 e. The van der Waals surface area contributed by atoms with Crippen LogP contribution in [0, 0.1) is 5.92 Å². The fourth-order valence-corrected chi connectivity index (χ4v) is 3.89. The van der Waals surface area contributed by atoms with E-state index in [-0.39, 0.29) is 23.8 Å². The Hall–Kier alpha value is -2.41. The van der Waals surface area contributed by atoms with Gasteiger partial charge in [-0.25, -0.2) is 0 Å². The number of hydrogen-bond donors (Lipinski definition) is 1. The Kier molecular flexibility index (Phi) is 5.10. The molecule has 1 saturated carbocycles. The lowest BCUT2D eigenvalue weighted by atomic mass is 9.92. The molecule has 0 aromatic heterocycles. The minimum Gasteiger partial charge on any atom is -0.497 e. The van der Waals surface area contributed by atoms with Crippen molar-refractivity contribution in [3.8, 4) is 5.75 Å². The maximum atomic E-state index is 13.4. The topological polar surface area (TPSA) is 80.2 Å². The third kappa shape index (κ3) is 3.63. The minimum absolute atomic E-state index is 0.00684. The molecule has 7 heteroatoms. The van der Waals surface area contributed by atoms with Crippen molar-refractivity contribution in [2.45, 2.75) is 50.7 Å². The zero-order valence-electron chi connectivity index (χ0n) is 16.4. The van der Waals surface area contributed by atoms with E-state index in [1.165, 1.54) is 4.90 Å². The molecule has 1 saturated heterocycles. The highest BCUT2D eigenvalue weighted by molar-refractivity contribution is 6.08. The molecular formula is C21H27N3O4. The molecule has 150 valence electrons. The lowest BCUT2D eigenvalue weighted by Gasteiger charge is -2.32. The number of carbonyl (C=O) groups is 2. The van der Waals surface area contributed by atoms with Gasteiger partial charge in [0.25, 0.3) is 5.91 Å². The van der Waals surface area contributed by atoms with Gasteiger partial charge in [0.05, 0.1) is 18.7 Å². The Morgan fingerprint density at radius 1 is 1.25 bits per heavy atom. The molecule has 2 atom stereocenters. The van der Waals surface area contributed by atoms with Gasteiger partial charge < -0.3 is 14.9 Å². The van der Waals surface area contributed by atoms with Crippen molar-refractivity contribution in [2.75, 3.05) is 20.2 Å². The standard InChI is InChI=1S/C21H27N3O4/c1-21(12-18(23-28-21)14-5-9-17(27-2)10-6-14)20(26)24(16-7-8-16)19(25)15-4-3-11-22-13-15/h5-6,9-10,15-16,22H,3-4,7-8,11-13H2,1-2H3. The summed E-state index contributed by atoms with van der Waals surface area (Å²) in [5.74, 6) is 0.291. The summed E-state index contributed by atoms with van der Waals surface area (Å²) in [7, 11) is 1.62. The Morgan fingerprint density at radius 2 is 2.00 bits per heavy atom. The van der Waals surface area contributed by atoms with Gasteiger partial charge in [0.2, 0.25) is 11.5 Å². The summed E-state index contributed by atoms with van der Waals surface area (Å²) in [6.07, 6.45) is 3.88. The SMILES string of the molecule is COc1ccc(C2=NOC(C)(C(=O)N(C(=O)C3CCCNC3)C3CC3)C2)cc1. The minimum atomic E-state index is -1.14. The van der Waals surface area contributed by atoms with Crippen LogP contribution in [0.4, 0.5) is 0 Å². The van der Waals surface area contributed by atoms with Crippen LogP contribution in [0.2, 0.25) is 0 Å². The van der Waals surface area contributed by atoms with Crippen LogP contribution in [0.25, 0.3) is 0 Å². The van der Waals surface area contributed by atoms with Crippen molar-refractivity contribution in [2.24, 2.45) is 11.1 Å². The Bertz CT molecular complexity index is 781. The molecule has 2 unspecified atom stereocenters. The van der Waals surface area contributed by atoms with Crippen molar-refractivity contribution in [1.29, 1.82) is 0 Å². The van der Waals surface area contributed by atoms with Gasteiger partial charge in [-0.05, 0) is 69.0 Å². The van der Waals surface area contributed by atoms with E-state index in [4.69, 9.17) is 9.57 Å². The van der Waals surface area contributed by atoms with Crippen LogP contribution in [-0.2, 0) is 14.4 Å². The number of piperidine rings is 1. The van der Waals surface area contributed by atoms with Crippen LogP contribution >= 0.6 is 0 Å². The monoisotopic (exact) mass is 385 g/mol. The van der Waals surface area contributed by atoms with Crippen LogP contribution in [0.1, 0.15) is 44.6 Å². The fraction of sp³-hybridized carbons (Fsp3) is 0.571. The number of nitrogens with one attached hydrogen (secondary N) is 1. The molecule has 28 heavy (non-hydrogen) atoms. The molecule has 3 aliphatic rings. The Balaban J connectivity index is 1.48. The summed E-state index contributed by atoms with van der Waals surface area (Å²) in [6, 6.07) is 7.51. The summed E-state index contributed by atoms with van der Waals surface area (Å²) in [5.41, 5.74) is 0.453. The molecular weight excluding hydrogens is 358 g/mol. The normalized spacial score (nSPS) is 26.9. The number of imide groups is 1. The second-order valence-electron chi connectivity index (χ2n) is 8.05. The zero-order chi connectivity index (χ0) is 19.7. The zero-order valence-corrected chi connectivity index (χ0v) is 16.4. The Morgan fingerprint density at radius 3 is 2.61 bits per heavy atom. The van der Waals surface area contributed by atoms with Gasteiger partial charge >= 0.3 is 0 Å². The van der Waals surface area contributed by atoms with Crippen molar-refractivity contribution >= 4 is 17.5 Å². The predicted octanol–water partition coefficient (Wildman–Crippen LogP) is 2.10. The van der Waals surface area contributed by atoms with E-state index in [1.807, 2.05) is 24.3 Å². The number of hydrogen-bond acceptors (Lipinski definition) is 6.